The topological polar surface area (TPSA) is 0 Å². The molecule has 4 aromatic rings. The van der Waals surface area contributed by atoms with Crippen LogP contribution in [0.2, 0.25) is 0 Å². The van der Waals surface area contributed by atoms with E-state index in [9.17, 15) is 0 Å². The Morgan fingerprint density at radius 2 is 1.44 bits per heavy atom. The van der Waals surface area contributed by atoms with Crippen LogP contribution in [0, 0.1) is 12.8 Å². The summed E-state index contributed by atoms with van der Waals surface area (Å²) in [5.41, 5.74) is 4.60. The summed E-state index contributed by atoms with van der Waals surface area (Å²) in [6.07, 6.45) is 5.19. The van der Waals surface area contributed by atoms with Crippen LogP contribution in [0.15, 0.2) is 54.6 Å². The molecule has 0 saturated heterocycles. The van der Waals surface area contributed by atoms with Gasteiger partial charge in [-0.05, 0) is 80.6 Å². The predicted molar refractivity (Wildman–Crippen MR) is 119 cm³/mol. The Labute approximate surface area is 162 Å². The molecule has 0 bridgehead atoms. The lowest BCUT2D eigenvalue weighted by molar-refractivity contribution is 0.422. The second kappa shape index (κ2) is 6.37. The van der Waals surface area contributed by atoms with Gasteiger partial charge in [0.1, 0.15) is 0 Å². The summed E-state index contributed by atoms with van der Waals surface area (Å²) < 4.78 is 0. The Bertz CT molecular complexity index is 1170. The number of hydrogen-bond donors (Lipinski definition) is 0. The molecule has 0 fully saturated rings. The largest absolute Gasteiger partial charge is 0.0654 e. The van der Waals surface area contributed by atoms with E-state index in [0.717, 1.165) is 11.8 Å². The van der Waals surface area contributed by atoms with Gasteiger partial charge in [-0.25, -0.2) is 0 Å². The van der Waals surface area contributed by atoms with Crippen LogP contribution in [0.4, 0.5) is 0 Å². The van der Waals surface area contributed by atoms with Crippen LogP contribution >= 0.6 is 0 Å². The summed E-state index contributed by atoms with van der Waals surface area (Å²) in [6, 6.07) is 20.9. The van der Waals surface area contributed by atoms with Gasteiger partial charge in [-0.3, -0.25) is 0 Å². The third-order valence-electron chi connectivity index (χ3n) is 6.96. The minimum atomic E-state index is 0.749. The van der Waals surface area contributed by atoms with Crippen LogP contribution in [0.3, 0.4) is 0 Å². The molecule has 1 aliphatic rings. The number of aryl methyl sites for hydroxylation is 2. The minimum absolute atomic E-state index is 0.749. The van der Waals surface area contributed by atoms with Crippen molar-refractivity contribution in [2.75, 3.05) is 0 Å². The molecule has 4 aromatic carbocycles. The van der Waals surface area contributed by atoms with Gasteiger partial charge in [0.2, 0.25) is 0 Å². The van der Waals surface area contributed by atoms with E-state index in [1.165, 1.54) is 63.6 Å². The van der Waals surface area contributed by atoms with Crippen molar-refractivity contribution in [1.82, 2.24) is 0 Å². The maximum absolute atomic E-state index is 2.45. The molecule has 27 heavy (non-hydrogen) atoms. The van der Waals surface area contributed by atoms with E-state index >= 15 is 0 Å². The van der Waals surface area contributed by atoms with E-state index in [1.807, 2.05) is 0 Å². The number of rotatable bonds is 3. The van der Waals surface area contributed by atoms with Crippen molar-refractivity contribution in [3.8, 4) is 0 Å². The van der Waals surface area contributed by atoms with E-state index in [0.29, 0.717) is 0 Å². The Balaban J connectivity index is 1.74. The van der Waals surface area contributed by atoms with E-state index in [1.54, 1.807) is 11.1 Å². The van der Waals surface area contributed by atoms with Gasteiger partial charge in [0, 0.05) is 0 Å². The van der Waals surface area contributed by atoms with Crippen LogP contribution in [0.1, 0.15) is 55.7 Å². The monoisotopic (exact) mass is 352 g/mol. The average molecular weight is 353 g/mol. The first kappa shape index (κ1) is 16.8. The van der Waals surface area contributed by atoms with Crippen LogP contribution in [-0.4, -0.2) is 0 Å². The van der Waals surface area contributed by atoms with Crippen molar-refractivity contribution in [2.24, 2.45) is 5.92 Å². The van der Waals surface area contributed by atoms with Crippen molar-refractivity contribution in [2.45, 2.75) is 52.4 Å². The van der Waals surface area contributed by atoms with E-state index in [-0.39, 0.29) is 0 Å². The first-order chi connectivity index (χ1) is 13.2. The molecular formula is C27H28. The Morgan fingerprint density at radius 3 is 2.22 bits per heavy atom. The van der Waals surface area contributed by atoms with Crippen LogP contribution < -0.4 is 0 Å². The summed E-state index contributed by atoms with van der Waals surface area (Å²) in [5, 5.41) is 8.45. The Morgan fingerprint density at radius 1 is 0.815 bits per heavy atom. The highest BCUT2D eigenvalue weighted by Crippen LogP contribution is 2.44. The molecule has 0 radical (unpaired) electrons. The van der Waals surface area contributed by atoms with Gasteiger partial charge in [0.25, 0.3) is 0 Å². The minimum Gasteiger partial charge on any atom is -0.0654 e. The smallest absolute Gasteiger partial charge is 0.00989 e. The zero-order valence-electron chi connectivity index (χ0n) is 16.7. The summed E-state index contributed by atoms with van der Waals surface area (Å²) in [5.74, 6) is 1.54. The van der Waals surface area contributed by atoms with Gasteiger partial charge < -0.3 is 0 Å². The van der Waals surface area contributed by atoms with Crippen LogP contribution in [-0.2, 0) is 6.42 Å². The van der Waals surface area contributed by atoms with Crippen molar-refractivity contribution < 1.29 is 0 Å². The zero-order chi connectivity index (χ0) is 18.5. The first-order valence-electron chi connectivity index (χ1n) is 10.6. The summed E-state index contributed by atoms with van der Waals surface area (Å²) in [7, 11) is 0. The Hall–Kier alpha value is -2.34. The molecular weight excluding hydrogens is 324 g/mol. The fraction of sp³-hybridized carbons (Fsp3) is 0.333. The third kappa shape index (κ3) is 2.50. The number of hydrogen-bond acceptors (Lipinski definition) is 0. The molecule has 0 aromatic heterocycles. The molecule has 0 N–H and O–H groups in total. The number of fused-ring (bicyclic) bond motifs is 7. The zero-order valence-corrected chi connectivity index (χ0v) is 16.7. The van der Waals surface area contributed by atoms with Crippen molar-refractivity contribution >= 4 is 32.3 Å². The first-order valence-corrected chi connectivity index (χ1v) is 10.6. The Kier molecular flexibility index (Phi) is 3.97. The normalized spacial score (nSPS) is 17.7. The van der Waals surface area contributed by atoms with Gasteiger partial charge in [-0.2, -0.15) is 0 Å². The lowest BCUT2D eigenvalue weighted by Gasteiger charge is -2.20. The predicted octanol–water partition coefficient (Wildman–Crippen LogP) is 7.92. The summed E-state index contributed by atoms with van der Waals surface area (Å²) >= 11 is 0. The lowest BCUT2D eigenvalue weighted by Crippen LogP contribution is -2.06. The molecule has 0 heterocycles. The lowest BCUT2D eigenvalue weighted by atomic mass is 9.85. The molecule has 5 rings (SSSR count). The summed E-state index contributed by atoms with van der Waals surface area (Å²) in [4.78, 5) is 0. The highest BCUT2D eigenvalue weighted by Gasteiger charge is 2.28. The maximum Gasteiger partial charge on any atom is -0.00989 e. The SMILES string of the molecule is CCC[C@@H](C)[C@@H]1CCc2c1ccc1c2ccc2c3cccc(C)c3ccc12. The van der Waals surface area contributed by atoms with Gasteiger partial charge in [0.05, 0.1) is 0 Å². The van der Waals surface area contributed by atoms with Crippen LogP contribution in [0.25, 0.3) is 32.3 Å². The fourth-order valence-electron chi connectivity index (χ4n) is 5.56. The third-order valence-corrected chi connectivity index (χ3v) is 6.96. The molecule has 0 spiro atoms. The summed E-state index contributed by atoms with van der Waals surface area (Å²) in [6.45, 7) is 6.97. The molecule has 0 unspecified atom stereocenters. The van der Waals surface area contributed by atoms with E-state index < -0.39 is 0 Å². The second-order valence-corrected chi connectivity index (χ2v) is 8.54. The van der Waals surface area contributed by atoms with Crippen molar-refractivity contribution in [3.63, 3.8) is 0 Å². The molecule has 136 valence electrons. The number of benzene rings is 4. The highest BCUT2D eigenvalue weighted by atomic mass is 14.3. The molecule has 0 saturated carbocycles. The standard InChI is InChI=1S/C27H28/c1-4-6-17(2)19-9-11-24-22(19)13-14-27-25-12-10-20-18(3)7-5-8-21(20)23(25)15-16-26(24)27/h5,7-8,10,12-17,19H,4,6,9,11H2,1-3H3/t17-,19+/m1/s1. The quantitative estimate of drug-likeness (QED) is 0.328. The average Bonchev–Trinajstić information content (AvgIpc) is 3.12. The fourth-order valence-corrected chi connectivity index (χ4v) is 5.56. The molecule has 0 nitrogen and oxygen atoms in total. The molecule has 0 aliphatic heterocycles. The molecule has 0 amide bonds. The van der Waals surface area contributed by atoms with Crippen molar-refractivity contribution in [1.29, 1.82) is 0 Å². The van der Waals surface area contributed by atoms with Crippen LogP contribution in [0.5, 0.6) is 0 Å². The highest BCUT2D eigenvalue weighted by molar-refractivity contribution is 6.18. The molecule has 2 atom stereocenters. The maximum atomic E-state index is 2.45. The second-order valence-electron chi connectivity index (χ2n) is 8.54. The van der Waals surface area contributed by atoms with E-state index in [4.69, 9.17) is 0 Å². The van der Waals surface area contributed by atoms with Gasteiger partial charge in [0.15, 0.2) is 0 Å². The van der Waals surface area contributed by atoms with Gasteiger partial charge >= 0.3 is 0 Å². The molecule has 0 heteroatoms. The molecule has 1 aliphatic carbocycles. The van der Waals surface area contributed by atoms with E-state index in [2.05, 4.69) is 75.4 Å². The van der Waals surface area contributed by atoms with Gasteiger partial charge in [-0.1, -0.05) is 81.3 Å². The van der Waals surface area contributed by atoms with Gasteiger partial charge in [-0.15, -0.1) is 0 Å². The van der Waals surface area contributed by atoms with Crippen molar-refractivity contribution in [3.05, 3.63) is 71.3 Å².